The maximum Gasteiger partial charge on any atom is 0.0735 e. The van der Waals surface area contributed by atoms with E-state index in [0.717, 1.165) is 0 Å². The van der Waals surface area contributed by atoms with E-state index in [2.05, 4.69) is 5.32 Å². The SMILES string of the molecule is CC(C)C(O)CNc1c(Cl)cc(N)cc1Cl. The number of nitrogen functional groups attached to an aromatic ring is 1. The van der Waals surface area contributed by atoms with Crippen LogP contribution >= 0.6 is 23.2 Å². The van der Waals surface area contributed by atoms with E-state index in [1.54, 1.807) is 12.1 Å². The Morgan fingerprint density at radius 1 is 1.31 bits per heavy atom. The molecule has 0 fully saturated rings. The van der Waals surface area contributed by atoms with Crippen LogP contribution in [0.2, 0.25) is 10.0 Å². The summed E-state index contributed by atoms with van der Waals surface area (Å²) in [5.41, 5.74) is 6.71. The minimum atomic E-state index is -0.440. The quantitative estimate of drug-likeness (QED) is 0.732. The van der Waals surface area contributed by atoms with E-state index >= 15 is 0 Å². The molecule has 0 spiro atoms. The first kappa shape index (κ1) is 13.4. The summed E-state index contributed by atoms with van der Waals surface area (Å²) in [7, 11) is 0. The van der Waals surface area contributed by atoms with E-state index in [1.807, 2.05) is 13.8 Å². The monoisotopic (exact) mass is 262 g/mol. The van der Waals surface area contributed by atoms with Gasteiger partial charge in [0.15, 0.2) is 0 Å². The molecule has 0 aliphatic carbocycles. The van der Waals surface area contributed by atoms with Crippen molar-refractivity contribution in [2.24, 2.45) is 5.92 Å². The van der Waals surface area contributed by atoms with Crippen LogP contribution in [-0.4, -0.2) is 17.8 Å². The number of rotatable bonds is 4. The van der Waals surface area contributed by atoms with Crippen LogP contribution in [0.4, 0.5) is 11.4 Å². The lowest BCUT2D eigenvalue weighted by atomic mass is 10.1. The summed E-state index contributed by atoms with van der Waals surface area (Å²) >= 11 is 12.0. The van der Waals surface area contributed by atoms with E-state index in [0.29, 0.717) is 28.0 Å². The number of hydrogen-bond donors (Lipinski definition) is 3. The Bertz CT molecular complexity index is 346. The molecule has 1 unspecified atom stereocenters. The summed E-state index contributed by atoms with van der Waals surface area (Å²) < 4.78 is 0. The molecule has 1 aromatic carbocycles. The van der Waals surface area contributed by atoms with Gasteiger partial charge < -0.3 is 16.2 Å². The van der Waals surface area contributed by atoms with Crippen LogP contribution in [0.5, 0.6) is 0 Å². The van der Waals surface area contributed by atoms with Gasteiger partial charge in [0, 0.05) is 12.2 Å². The van der Waals surface area contributed by atoms with Crippen LogP contribution in [0.1, 0.15) is 13.8 Å². The van der Waals surface area contributed by atoms with Gasteiger partial charge in [0.25, 0.3) is 0 Å². The highest BCUT2D eigenvalue weighted by atomic mass is 35.5. The van der Waals surface area contributed by atoms with Gasteiger partial charge in [-0.3, -0.25) is 0 Å². The molecular formula is C11H16Cl2N2O. The lowest BCUT2D eigenvalue weighted by Gasteiger charge is -2.17. The van der Waals surface area contributed by atoms with E-state index in [4.69, 9.17) is 28.9 Å². The van der Waals surface area contributed by atoms with Crippen molar-refractivity contribution >= 4 is 34.6 Å². The lowest BCUT2D eigenvalue weighted by molar-refractivity contribution is 0.138. The lowest BCUT2D eigenvalue weighted by Crippen LogP contribution is -2.24. The maximum atomic E-state index is 9.65. The summed E-state index contributed by atoms with van der Waals surface area (Å²) in [6, 6.07) is 3.25. The van der Waals surface area contributed by atoms with Gasteiger partial charge in [-0.05, 0) is 18.1 Å². The van der Waals surface area contributed by atoms with Crippen LogP contribution < -0.4 is 11.1 Å². The fourth-order valence-electron chi connectivity index (χ4n) is 1.20. The number of hydrogen-bond acceptors (Lipinski definition) is 3. The van der Waals surface area contributed by atoms with Crippen molar-refractivity contribution in [1.82, 2.24) is 0 Å². The standard InChI is InChI=1S/C11H16Cl2N2O/c1-6(2)10(16)5-15-11-8(12)3-7(14)4-9(11)13/h3-4,6,10,15-16H,5,14H2,1-2H3. The van der Waals surface area contributed by atoms with Crippen molar-refractivity contribution in [3.05, 3.63) is 22.2 Å². The summed E-state index contributed by atoms with van der Waals surface area (Å²) in [6.45, 7) is 4.29. The number of aliphatic hydroxyl groups is 1. The fraction of sp³-hybridized carbons (Fsp3) is 0.455. The number of anilines is 2. The molecule has 0 saturated heterocycles. The van der Waals surface area contributed by atoms with E-state index in [9.17, 15) is 5.11 Å². The summed E-state index contributed by atoms with van der Waals surface area (Å²) in [4.78, 5) is 0. The predicted octanol–water partition coefficient (Wildman–Crippen LogP) is 3.00. The number of aliphatic hydroxyl groups excluding tert-OH is 1. The normalized spacial score (nSPS) is 12.9. The molecule has 0 amide bonds. The van der Waals surface area contributed by atoms with Gasteiger partial charge in [-0.2, -0.15) is 0 Å². The zero-order valence-electron chi connectivity index (χ0n) is 9.30. The Balaban J connectivity index is 2.74. The summed E-state index contributed by atoms with van der Waals surface area (Å²) in [5.74, 6) is 0.179. The molecule has 0 aliphatic rings. The van der Waals surface area contributed by atoms with Gasteiger partial charge in [-0.15, -0.1) is 0 Å². The van der Waals surface area contributed by atoms with Crippen molar-refractivity contribution in [3.63, 3.8) is 0 Å². The minimum absolute atomic E-state index is 0.179. The molecule has 4 N–H and O–H groups in total. The molecule has 5 heteroatoms. The highest BCUT2D eigenvalue weighted by Gasteiger charge is 2.12. The molecule has 16 heavy (non-hydrogen) atoms. The van der Waals surface area contributed by atoms with Gasteiger partial charge in [0.1, 0.15) is 0 Å². The number of halogens is 2. The third-order valence-electron chi connectivity index (χ3n) is 2.32. The molecular weight excluding hydrogens is 247 g/mol. The highest BCUT2D eigenvalue weighted by Crippen LogP contribution is 2.32. The molecule has 0 saturated carbocycles. The van der Waals surface area contributed by atoms with Crippen molar-refractivity contribution in [2.45, 2.75) is 20.0 Å². The Labute approximate surface area is 106 Å². The third kappa shape index (κ3) is 3.44. The number of benzene rings is 1. The van der Waals surface area contributed by atoms with Gasteiger partial charge in [0.05, 0.1) is 21.8 Å². The highest BCUT2D eigenvalue weighted by molar-refractivity contribution is 6.39. The molecule has 1 aromatic rings. The first-order valence-corrected chi connectivity index (χ1v) is 5.84. The second-order valence-electron chi connectivity index (χ2n) is 4.05. The van der Waals surface area contributed by atoms with Gasteiger partial charge in [0.2, 0.25) is 0 Å². The number of nitrogens with one attached hydrogen (secondary N) is 1. The predicted molar refractivity (Wildman–Crippen MR) is 70.2 cm³/mol. The molecule has 0 aliphatic heterocycles. The van der Waals surface area contributed by atoms with Crippen LogP contribution in [0.25, 0.3) is 0 Å². The van der Waals surface area contributed by atoms with E-state index in [-0.39, 0.29) is 5.92 Å². The van der Waals surface area contributed by atoms with Crippen LogP contribution in [0.15, 0.2) is 12.1 Å². The molecule has 1 rings (SSSR count). The van der Waals surface area contributed by atoms with Crippen molar-refractivity contribution in [3.8, 4) is 0 Å². The van der Waals surface area contributed by atoms with Gasteiger partial charge >= 0.3 is 0 Å². The average molecular weight is 263 g/mol. The first-order chi connectivity index (χ1) is 7.41. The first-order valence-electron chi connectivity index (χ1n) is 5.08. The van der Waals surface area contributed by atoms with Crippen LogP contribution in [0, 0.1) is 5.92 Å². The smallest absolute Gasteiger partial charge is 0.0735 e. The summed E-state index contributed by atoms with van der Waals surface area (Å²) in [5, 5.41) is 13.6. The molecule has 0 heterocycles. The maximum absolute atomic E-state index is 9.65. The molecule has 90 valence electrons. The zero-order chi connectivity index (χ0) is 12.3. The molecule has 0 radical (unpaired) electrons. The largest absolute Gasteiger partial charge is 0.399 e. The average Bonchev–Trinajstić information content (AvgIpc) is 2.15. The Morgan fingerprint density at radius 3 is 2.25 bits per heavy atom. The van der Waals surface area contributed by atoms with E-state index in [1.165, 1.54) is 0 Å². The molecule has 0 aromatic heterocycles. The topological polar surface area (TPSA) is 58.3 Å². The minimum Gasteiger partial charge on any atom is -0.399 e. The van der Waals surface area contributed by atoms with Crippen LogP contribution in [-0.2, 0) is 0 Å². The molecule has 3 nitrogen and oxygen atoms in total. The van der Waals surface area contributed by atoms with Crippen molar-refractivity contribution in [1.29, 1.82) is 0 Å². The second kappa shape index (κ2) is 5.62. The molecule has 0 bridgehead atoms. The second-order valence-corrected chi connectivity index (χ2v) is 4.87. The van der Waals surface area contributed by atoms with Gasteiger partial charge in [-0.25, -0.2) is 0 Å². The van der Waals surface area contributed by atoms with E-state index < -0.39 is 6.10 Å². The molecule has 1 atom stereocenters. The summed E-state index contributed by atoms with van der Waals surface area (Å²) in [6.07, 6.45) is -0.440. The van der Waals surface area contributed by atoms with Crippen LogP contribution in [0.3, 0.4) is 0 Å². The Kier molecular flexibility index (Phi) is 4.71. The Hall–Kier alpha value is -0.640. The van der Waals surface area contributed by atoms with Crippen molar-refractivity contribution < 1.29 is 5.11 Å². The fourth-order valence-corrected chi connectivity index (χ4v) is 1.84. The number of nitrogens with two attached hydrogens (primary N) is 1. The Morgan fingerprint density at radius 2 is 1.81 bits per heavy atom. The zero-order valence-corrected chi connectivity index (χ0v) is 10.8. The van der Waals surface area contributed by atoms with Gasteiger partial charge in [-0.1, -0.05) is 37.0 Å². The third-order valence-corrected chi connectivity index (χ3v) is 2.92. The van der Waals surface area contributed by atoms with Crippen molar-refractivity contribution in [2.75, 3.05) is 17.6 Å².